The van der Waals surface area contributed by atoms with Crippen LogP contribution in [-0.4, -0.2) is 27.7 Å². The number of aryl methyl sites for hydroxylation is 2. The average molecular weight is 477 g/mol. The molecule has 0 unspecified atom stereocenters. The van der Waals surface area contributed by atoms with Crippen molar-refractivity contribution >= 4 is 12.0 Å². The molecule has 2 aromatic heterocycles. The van der Waals surface area contributed by atoms with E-state index < -0.39 is 5.82 Å². The molecule has 1 amide bonds. The molecule has 8 nitrogen and oxygen atoms in total. The fraction of sp³-hybridized carbons (Fsp3) is 0.192. The maximum absolute atomic E-state index is 14.4. The van der Waals surface area contributed by atoms with Gasteiger partial charge in [0.1, 0.15) is 18.2 Å². The molecule has 1 N–H and O–H groups in total. The van der Waals surface area contributed by atoms with Crippen molar-refractivity contribution in [3.8, 4) is 17.2 Å². The maximum Gasteiger partial charge on any atom is 0.244 e. The molecular weight excluding hydrogens is 451 g/mol. The highest BCUT2D eigenvalue weighted by Crippen LogP contribution is 2.30. The van der Waals surface area contributed by atoms with Gasteiger partial charge in [-0.3, -0.25) is 4.79 Å². The topological polar surface area (TPSA) is 91.4 Å². The lowest BCUT2D eigenvalue weighted by molar-refractivity contribution is -0.116. The molecule has 2 heterocycles. The fourth-order valence-corrected chi connectivity index (χ4v) is 3.46. The number of hydrogen-bond donors (Lipinski definition) is 1. The number of rotatable bonds is 9. The van der Waals surface area contributed by atoms with Crippen LogP contribution in [0.3, 0.4) is 0 Å². The molecule has 0 radical (unpaired) electrons. The van der Waals surface area contributed by atoms with Crippen molar-refractivity contribution in [2.24, 2.45) is 0 Å². The van der Waals surface area contributed by atoms with Crippen molar-refractivity contribution in [1.82, 2.24) is 20.0 Å². The quantitative estimate of drug-likeness (QED) is 0.357. The van der Waals surface area contributed by atoms with Crippen molar-refractivity contribution < 1.29 is 23.2 Å². The molecule has 4 aromatic rings. The molecule has 4 rings (SSSR count). The van der Waals surface area contributed by atoms with E-state index >= 15 is 0 Å². The molecule has 0 bridgehead atoms. The molecule has 0 spiro atoms. The van der Waals surface area contributed by atoms with Crippen LogP contribution in [0.2, 0.25) is 0 Å². The van der Waals surface area contributed by atoms with Gasteiger partial charge in [-0.2, -0.15) is 0 Å². The highest BCUT2D eigenvalue weighted by Gasteiger charge is 2.12. The fourth-order valence-electron chi connectivity index (χ4n) is 3.46. The zero-order valence-corrected chi connectivity index (χ0v) is 19.6. The number of nitrogens with zero attached hydrogens (tertiary/aromatic N) is 3. The van der Waals surface area contributed by atoms with E-state index in [1.165, 1.54) is 18.5 Å². The van der Waals surface area contributed by atoms with E-state index in [1.807, 2.05) is 19.9 Å². The van der Waals surface area contributed by atoms with Gasteiger partial charge < -0.3 is 23.9 Å². The molecule has 9 heteroatoms. The van der Waals surface area contributed by atoms with E-state index in [0.717, 1.165) is 16.8 Å². The van der Waals surface area contributed by atoms with Crippen LogP contribution in [0.25, 0.3) is 11.8 Å². The van der Waals surface area contributed by atoms with Crippen molar-refractivity contribution in [3.63, 3.8) is 0 Å². The van der Waals surface area contributed by atoms with Gasteiger partial charge in [0, 0.05) is 25.0 Å². The monoisotopic (exact) mass is 476 g/mol. The minimum atomic E-state index is -0.394. The Morgan fingerprint density at radius 1 is 1.20 bits per heavy atom. The highest BCUT2D eigenvalue weighted by atomic mass is 19.1. The standard InChI is InChI=1S/C26H25FN4O4/c1-17-21(18(2)35-30-17)15-34-24-8-5-19(13-25(24)33-3)6-9-26(32)29-14-20-4-7-23(22(27)12-20)31-11-10-28-16-31/h4-13,16H,14-15H2,1-3H3,(H,29,32)/b9-6+. The summed E-state index contributed by atoms with van der Waals surface area (Å²) in [5, 5.41) is 6.68. The number of imidazole rings is 1. The third kappa shape index (κ3) is 5.75. The van der Waals surface area contributed by atoms with E-state index in [0.29, 0.717) is 35.1 Å². The molecule has 2 aromatic carbocycles. The lowest BCUT2D eigenvalue weighted by Gasteiger charge is -2.11. The smallest absolute Gasteiger partial charge is 0.244 e. The van der Waals surface area contributed by atoms with Crippen LogP contribution in [0.1, 0.15) is 28.1 Å². The molecule has 35 heavy (non-hydrogen) atoms. The lowest BCUT2D eigenvalue weighted by atomic mass is 10.1. The Bertz CT molecular complexity index is 1330. The van der Waals surface area contributed by atoms with Crippen molar-refractivity contribution in [2.45, 2.75) is 27.0 Å². The first-order valence-corrected chi connectivity index (χ1v) is 10.9. The van der Waals surface area contributed by atoms with Crippen LogP contribution < -0.4 is 14.8 Å². The molecule has 0 aliphatic carbocycles. The maximum atomic E-state index is 14.4. The third-order valence-electron chi connectivity index (χ3n) is 5.43. The summed E-state index contributed by atoms with van der Waals surface area (Å²) in [6.07, 6.45) is 7.85. The second kappa shape index (κ2) is 10.7. The SMILES string of the molecule is COc1cc(/C=C/C(=O)NCc2ccc(-n3ccnc3)c(F)c2)ccc1OCc1c(C)noc1C. The summed E-state index contributed by atoms with van der Waals surface area (Å²) in [4.78, 5) is 16.2. The van der Waals surface area contributed by atoms with Crippen LogP contribution in [0.15, 0.2) is 65.7 Å². The summed E-state index contributed by atoms with van der Waals surface area (Å²) in [6, 6.07) is 10.2. The Morgan fingerprint density at radius 2 is 2.06 bits per heavy atom. The summed E-state index contributed by atoms with van der Waals surface area (Å²) in [5.41, 5.74) is 3.48. The molecular formula is C26H25FN4O4. The van der Waals surface area contributed by atoms with E-state index in [1.54, 1.807) is 54.4 Å². The van der Waals surface area contributed by atoms with Crippen LogP contribution in [-0.2, 0) is 17.9 Å². The number of nitrogens with one attached hydrogen (secondary N) is 1. The van der Waals surface area contributed by atoms with Gasteiger partial charge in [0.25, 0.3) is 0 Å². The van der Waals surface area contributed by atoms with Crippen LogP contribution >= 0.6 is 0 Å². The first kappa shape index (κ1) is 23.7. The third-order valence-corrected chi connectivity index (χ3v) is 5.43. The summed E-state index contributed by atoms with van der Waals surface area (Å²) < 4.78 is 32.4. The molecule has 0 fully saturated rings. The Balaban J connectivity index is 1.34. The second-order valence-electron chi connectivity index (χ2n) is 7.81. The summed E-state index contributed by atoms with van der Waals surface area (Å²) in [5.74, 6) is 1.11. The highest BCUT2D eigenvalue weighted by molar-refractivity contribution is 5.91. The number of carbonyl (C=O) groups is 1. The number of benzene rings is 2. The summed E-state index contributed by atoms with van der Waals surface area (Å²) >= 11 is 0. The molecule has 180 valence electrons. The van der Waals surface area contributed by atoms with Gasteiger partial charge in [-0.05, 0) is 55.3 Å². The Hall–Kier alpha value is -4.40. The van der Waals surface area contributed by atoms with Gasteiger partial charge in [-0.15, -0.1) is 0 Å². The molecule has 0 aliphatic rings. The summed E-state index contributed by atoms with van der Waals surface area (Å²) in [6.45, 7) is 4.20. The van der Waals surface area contributed by atoms with E-state index in [4.69, 9.17) is 14.0 Å². The van der Waals surface area contributed by atoms with Crippen LogP contribution in [0.5, 0.6) is 11.5 Å². The first-order valence-electron chi connectivity index (χ1n) is 10.9. The van der Waals surface area contributed by atoms with E-state index in [9.17, 15) is 9.18 Å². The largest absolute Gasteiger partial charge is 0.493 e. The second-order valence-corrected chi connectivity index (χ2v) is 7.81. The minimum absolute atomic E-state index is 0.197. The minimum Gasteiger partial charge on any atom is -0.493 e. The van der Waals surface area contributed by atoms with Gasteiger partial charge in [-0.1, -0.05) is 17.3 Å². The van der Waals surface area contributed by atoms with Crippen molar-refractivity contribution in [2.75, 3.05) is 7.11 Å². The van der Waals surface area contributed by atoms with Crippen LogP contribution in [0, 0.1) is 19.7 Å². The molecule has 0 aliphatic heterocycles. The van der Waals surface area contributed by atoms with Gasteiger partial charge >= 0.3 is 0 Å². The van der Waals surface area contributed by atoms with Crippen molar-refractivity contribution in [3.05, 3.63) is 95.2 Å². The number of hydrogen-bond acceptors (Lipinski definition) is 6. The van der Waals surface area contributed by atoms with Gasteiger partial charge in [0.15, 0.2) is 11.5 Å². The zero-order chi connectivity index (χ0) is 24.8. The van der Waals surface area contributed by atoms with Crippen LogP contribution in [0.4, 0.5) is 4.39 Å². The normalized spacial score (nSPS) is 11.1. The first-order chi connectivity index (χ1) is 16.9. The number of methoxy groups -OCH3 is 1. The lowest BCUT2D eigenvalue weighted by Crippen LogP contribution is -2.20. The number of ether oxygens (including phenoxy) is 2. The Kier molecular flexibility index (Phi) is 7.25. The Labute approximate surface area is 202 Å². The number of halogens is 1. The van der Waals surface area contributed by atoms with E-state index in [2.05, 4.69) is 15.5 Å². The van der Waals surface area contributed by atoms with Gasteiger partial charge in [-0.25, -0.2) is 9.37 Å². The number of carbonyl (C=O) groups excluding carboxylic acids is 1. The average Bonchev–Trinajstić information content (AvgIpc) is 3.50. The number of aromatic nitrogens is 3. The Morgan fingerprint density at radius 3 is 2.74 bits per heavy atom. The predicted molar refractivity (Wildman–Crippen MR) is 128 cm³/mol. The van der Waals surface area contributed by atoms with Gasteiger partial charge in [0.2, 0.25) is 5.91 Å². The zero-order valence-electron chi connectivity index (χ0n) is 19.6. The van der Waals surface area contributed by atoms with Crippen molar-refractivity contribution in [1.29, 1.82) is 0 Å². The summed E-state index contributed by atoms with van der Waals surface area (Å²) in [7, 11) is 1.55. The predicted octanol–water partition coefficient (Wildman–Crippen LogP) is 4.53. The molecule has 0 saturated carbocycles. The molecule has 0 saturated heterocycles. The number of amides is 1. The molecule has 0 atom stereocenters. The van der Waals surface area contributed by atoms with Gasteiger partial charge in [0.05, 0.1) is 30.4 Å². The van der Waals surface area contributed by atoms with E-state index in [-0.39, 0.29) is 12.5 Å².